The lowest BCUT2D eigenvalue weighted by Gasteiger charge is -2.39. The third kappa shape index (κ3) is 6.52. The third-order valence-electron chi connectivity index (χ3n) is 6.44. The van der Waals surface area contributed by atoms with Gasteiger partial charge in [0.25, 0.3) is 0 Å². The highest BCUT2D eigenvalue weighted by atomic mass is 35.5. The Bertz CT molecular complexity index is 1080. The van der Waals surface area contributed by atoms with Crippen LogP contribution < -0.4 is 15.5 Å². The minimum atomic E-state index is -0.810. The minimum absolute atomic E-state index is 0.0763. The van der Waals surface area contributed by atoms with Gasteiger partial charge in [0.15, 0.2) is 0 Å². The number of rotatable bonds is 6. The zero-order chi connectivity index (χ0) is 24.9. The number of amides is 3. The highest BCUT2D eigenvalue weighted by Crippen LogP contribution is 2.21. The molecule has 2 aromatic rings. The Morgan fingerprint density at radius 3 is 2.43 bits per heavy atom. The van der Waals surface area contributed by atoms with Crippen molar-refractivity contribution in [3.8, 4) is 0 Å². The molecule has 186 valence electrons. The molecule has 0 bridgehead atoms. The highest BCUT2D eigenvalue weighted by Gasteiger charge is 2.35. The van der Waals surface area contributed by atoms with Crippen molar-refractivity contribution in [1.82, 2.24) is 15.1 Å². The van der Waals surface area contributed by atoms with Gasteiger partial charge in [-0.05, 0) is 55.3 Å². The molecule has 2 fully saturated rings. The first kappa shape index (κ1) is 25.0. The summed E-state index contributed by atoms with van der Waals surface area (Å²) in [5.74, 6) is -0.698. The lowest BCUT2D eigenvalue weighted by atomic mass is 10.1. The van der Waals surface area contributed by atoms with E-state index in [1.165, 1.54) is 0 Å². The van der Waals surface area contributed by atoms with Gasteiger partial charge in [-0.25, -0.2) is 0 Å². The Morgan fingerprint density at radius 1 is 1.03 bits per heavy atom. The fraction of sp³-hybridized carbons (Fsp3) is 0.423. The molecule has 0 radical (unpaired) electrons. The highest BCUT2D eigenvalue weighted by molar-refractivity contribution is 6.30. The third-order valence-corrected chi connectivity index (χ3v) is 6.67. The molecule has 0 spiro atoms. The van der Waals surface area contributed by atoms with Gasteiger partial charge in [0.2, 0.25) is 17.7 Å². The van der Waals surface area contributed by atoms with Crippen LogP contribution in [0.1, 0.15) is 17.5 Å². The topological polar surface area (TPSA) is 85.0 Å². The summed E-state index contributed by atoms with van der Waals surface area (Å²) >= 11 is 6.12. The molecule has 2 aliphatic heterocycles. The quantitative estimate of drug-likeness (QED) is 0.640. The van der Waals surface area contributed by atoms with Gasteiger partial charge in [0.1, 0.15) is 6.04 Å². The van der Waals surface area contributed by atoms with E-state index in [2.05, 4.69) is 20.4 Å². The van der Waals surface area contributed by atoms with E-state index in [4.69, 9.17) is 11.6 Å². The van der Waals surface area contributed by atoms with Crippen molar-refractivity contribution < 1.29 is 14.4 Å². The normalized spacial score (nSPS) is 18.8. The molecular formula is C26H32ClN5O3. The van der Waals surface area contributed by atoms with Gasteiger partial charge < -0.3 is 20.4 Å². The fourth-order valence-corrected chi connectivity index (χ4v) is 4.95. The van der Waals surface area contributed by atoms with E-state index in [1.54, 1.807) is 4.90 Å². The summed E-state index contributed by atoms with van der Waals surface area (Å²) < 4.78 is 0. The number of nitrogens with zero attached hydrogens (tertiary/aromatic N) is 3. The molecule has 2 aliphatic rings. The maximum atomic E-state index is 13.2. The SMILES string of the molecule is Cc1cc(C)cc(NC(=O)C[C@@H]2C(=O)NCCN2C(=O)CN2CCN(c3cccc(Cl)c3)CC2)c1. The van der Waals surface area contributed by atoms with E-state index in [1.807, 2.05) is 56.3 Å². The summed E-state index contributed by atoms with van der Waals surface area (Å²) in [4.78, 5) is 44.5. The molecule has 0 aliphatic carbocycles. The van der Waals surface area contributed by atoms with Crippen LogP contribution in [0.5, 0.6) is 0 Å². The van der Waals surface area contributed by atoms with Crippen molar-refractivity contribution in [2.24, 2.45) is 0 Å². The van der Waals surface area contributed by atoms with E-state index in [-0.39, 0.29) is 30.7 Å². The lowest BCUT2D eigenvalue weighted by molar-refractivity contribution is -0.145. The summed E-state index contributed by atoms with van der Waals surface area (Å²) in [6.45, 7) is 7.99. The van der Waals surface area contributed by atoms with Crippen molar-refractivity contribution in [3.05, 3.63) is 58.6 Å². The number of halogens is 1. The van der Waals surface area contributed by atoms with Crippen molar-refractivity contribution >= 4 is 40.7 Å². The molecule has 0 aromatic heterocycles. The van der Waals surface area contributed by atoms with Crippen LogP contribution >= 0.6 is 11.6 Å². The van der Waals surface area contributed by atoms with Crippen LogP contribution in [0, 0.1) is 13.8 Å². The number of nitrogens with one attached hydrogen (secondary N) is 2. The second kappa shape index (κ2) is 11.1. The van der Waals surface area contributed by atoms with Crippen LogP contribution in [0.2, 0.25) is 5.02 Å². The first-order chi connectivity index (χ1) is 16.8. The van der Waals surface area contributed by atoms with Gasteiger partial charge >= 0.3 is 0 Å². The number of carbonyl (C=O) groups excluding carboxylic acids is 3. The lowest BCUT2D eigenvalue weighted by Crippen LogP contribution is -2.60. The van der Waals surface area contributed by atoms with Crippen LogP contribution in [0.15, 0.2) is 42.5 Å². The first-order valence-electron chi connectivity index (χ1n) is 12.0. The Balaban J connectivity index is 1.33. The summed E-state index contributed by atoms with van der Waals surface area (Å²) in [6.07, 6.45) is -0.0763. The van der Waals surface area contributed by atoms with Gasteiger partial charge in [0.05, 0.1) is 13.0 Å². The van der Waals surface area contributed by atoms with Crippen LogP contribution in [0.4, 0.5) is 11.4 Å². The fourth-order valence-electron chi connectivity index (χ4n) is 4.77. The Kier molecular flexibility index (Phi) is 7.93. The van der Waals surface area contributed by atoms with Gasteiger partial charge in [-0.1, -0.05) is 23.7 Å². The first-order valence-corrected chi connectivity index (χ1v) is 12.3. The molecule has 9 heteroatoms. The number of aryl methyl sites for hydroxylation is 2. The molecule has 2 aromatic carbocycles. The molecule has 1 atom stereocenters. The van der Waals surface area contributed by atoms with Crippen molar-refractivity contribution in [1.29, 1.82) is 0 Å². The summed E-state index contributed by atoms with van der Waals surface area (Å²) in [5, 5.41) is 6.37. The molecule has 2 N–H and O–H groups in total. The Hall–Kier alpha value is -3.10. The van der Waals surface area contributed by atoms with Gasteiger partial charge in [-0.15, -0.1) is 0 Å². The molecule has 2 heterocycles. The molecule has 35 heavy (non-hydrogen) atoms. The zero-order valence-corrected chi connectivity index (χ0v) is 21.0. The second-order valence-corrected chi connectivity index (χ2v) is 9.70. The summed E-state index contributed by atoms with van der Waals surface area (Å²) in [5.41, 5.74) is 3.86. The van der Waals surface area contributed by atoms with E-state index in [0.717, 1.165) is 43.0 Å². The maximum Gasteiger partial charge on any atom is 0.243 e. The smallest absolute Gasteiger partial charge is 0.243 e. The standard InChI is InChI=1S/C26H32ClN5O3/c1-18-12-19(2)14-21(13-18)29-24(33)16-23-26(35)28-6-7-32(23)25(34)17-30-8-10-31(11-9-30)22-5-3-4-20(27)15-22/h3-5,12-15,23H,6-11,16-17H2,1-2H3,(H,28,35)(H,29,33)/t23-/m1/s1. The number of anilines is 2. The van der Waals surface area contributed by atoms with Crippen molar-refractivity contribution in [2.75, 3.05) is 56.0 Å². The Labute approximate surface area is 211 Å². The van der Waals surface area contributed by atoms with Crippen LogP contribution in [-0.2, 0) is 14.4 Å². The van der Waals surface area contributed by atoms with Crippen LogP contribution in [0.3, 0.4) is 0 Å². The molecule has 4 rings (SSSR count). The average molecular weight is 498 g/mol. The molecule has 0 unspecified atom stereocenters. The summed E-state index contributed by atoms with van der Waals surface area (Å²) in [6, 6.07) is 12.8. The number of carbonyl (C=O) groups is 3. The Morgan fingerprint density at radius 2 is 1.74 bits per heavy atom. The predicted octanol–water partition coefficient (Wildman–Crippen LogP) is 2.43. The number of hydrogen-bond donors (Lipinski definition) is 2. The number of benzene rings is 2. The minimum Gasteiger partial charge on any atom is -0.369 e. The van der Waals surface area contributed by atoms with E-state index < -0.39 is 6.04 Å². The van der Waals surface area contributed by atoms with E-state index >= 15 is 0 Å². The molecule has 0 saturated carbocycles. The van der Waals surface area contributed by atoms with Crippen LogP contribution in [0.25, 0.3) is 0 Å². The van der Waals surface area contributed by atoms with Crippen molar-refractivity contribution in [2.45, 2.75) is 26.3 Å². The van der Waals surface area contributed by atoms with Crippen molar-refractivity contribution in [3.63, 3.8) is 0 Å². The number of hydrogen-bond acceptors (Lipinski definition) is 5. The molecule has 8 nitrogen and oxygen atoms in total. The molecular weight excluding hydrogens is 466 g/mol. The maximum absolute atomic E-state index is 13.2. The largest absolute Gasteiger partial charge is 0.369 e. The second-order valence-electron chi connectivity index (χ2n) is 9.27. The van der Waals surface area contributed by atoms with Gasteiger partial charge in [-0.3, -0.25) is 19.3 Å². The predicted molar refractivity (Wildman–Crippen MR) is 138 cm³/mol. The molecule has 2 saturated heterocycles. The van der Waals surface area contributed by atoms with E-state index in [0.29, 0.717) is 23.8 Å². The summed E-state index contributed by atoms with van der Waals surface area (Å²) in [7, 11) is 0. The molecule has 3 amide bonds. The van der Waals surface area contributed by atoms with Gasteiger partial charge in [0, 0.05) is 55.7 Å². The monoisotopic (exact) mass is 497 g/mol. The number of piperazine rings is 2. The zero-order valence-electron chi connectivity index (χ0n) is 20.2. The average Bonchev–Trinajstić information content (AvgIpc) is 2.80. The van der Waals surface area contributed by atoms with Gasteiger partial charge in [-0.2, -0.15) is 0 Å². The van der Waals surface area contributed by atoms with E-state index in [9.17, 15) is 14.4 Å². The van der Waals surface area contributed by atoms with Crippen LogP contribution in [-0.4, -0.2) is 79.4 Å².